The molecule has 5 heteroatoms. The van der Waals surface area contributed by atoms with E-state index >= 15 is 0 Å². The number of hydrogen-bond donors (Lipinski definition) is 2. The van der Waals surface area contributed by atoms with E-state index in [0.29, 0.717) is 17.1 Å². The van der Waals surface area contributed by atoms with Crippen LogP contribution < -0.4 is 5.73 Å². The number of fused-ring (bicyclic) bond motifs is 1. The van der Waals surface area contributed by atoms with Crippen molar-refractivity contribution in [3.8, 4) is 6.07 Å². The lowest BCUT2D eigenvalue weighted by atomic mass is 10.1. The Morgan fingerprint density at radius 3 is 3.06 bits per heavy atom. The van der Waals surface area contributed by atoms with Gasteiger partial charge in [0.05, 0.1) is 23.2 Å². The standard InChI is InChI=1S/C11H9ClN4/c12-5-11(14)16-10-4-7(6-13)3-9-8(10)1-2-15-9/h1-4,15H,5H2,(H2,14,16). The molecule has 16 heavy (non-hydrogen) atoms. The molecule has 0 fully saturated rings. The number of hydrogen-bond acceptors (Lipinski definition) is 2. The zero-order valence-corrected chi connectivity index (χ0v) is 9.12. The molecule has 80 valence electrons. The highest BCUT2D eigenvalue weighted by Gasteiger charge is 2.04. The predicted octanol–water partition coefficient (Wildman–Crippen LogP) is 2.27. The Bertz CT molecular complexity index is 592. The maximum Gasteiger partial charge on any atom is 0.115 e. The number of halogens is 1. The molecule has 1 heterocycles. The van der Waals surface area contributed by atoms with Crippen molar-refractivity contribution in [2.75, 3.05) is 5.88 Å². The van der Waals surface area contributed by atoms with Crippen LogP contribution in [0.25, 0.3) is 10.9 Å². The zero-order chi connectivity index (χ0) is 11.5. The minimum atomic E-state index is 0.169. The molecule has 0 unspecified atom stereocenters. The monoisotopic (exact) mass is 232 g/mol. The Morgan fingerprint density at radius 1 is 1.56 bits per heavy atom. The van der Waals surface area contributed by atoms with Crippen LogP contribution in [-0.2, 0) is 0 Å². The molecule has 0 aliphatic carbocycles. The summed E-state index contributed by atoms with van der Waals surface area (Å²) in [6, 6.07) is 7.42. The molecular formula is C11H9ClN4. The van der Waals surface area contributed by atoms with Crippen LogP contribution in [0.15, 0.2) is 29.4 Å². The van der Waals surface area contributed by atoms with Crippen molar-refractivity contribution in [1.29, 1.82) is 5.26 Å². The Hall–Kier alpha value is -1.99. The topological polar surface area (TPSA) is 78.0 Å². The van der Waals surface area contributed by atoms with Crippen LogP contribution in [0.3, 0.4) is 0 Å². The molecule has 0 amide bonds. The molecule has 0 aliphatic rings. The lowest BCUT2D eigenvalue weighted by molar-refractivity contribution is 1.43. The molecule has 0 aliphatic heterocycles. The van der Waals surface area contributed by atoms with Crippen molar-refractivity contribution in [2.45, 2.75) is 0 Å². The van der Waals surface area contributed by atoms with Gasteiger partial charge >= 0.3 is 0 Å². The number of aromatic nitrogens is 1. The number of amidine groups is 1. The van der Waals surface area contributed by atoms with E-state index in [9.17, 15) is 0 Å². The molecule has 2 aromatic rings. The fourth-order valence-corrected chi connectivity index (χ4v) is 1.55. The summed E-state index contributed by atoms with van der Waals surface area (Å²) in [6.45, 7) is 0. The predicted molar refractivity (Wildman–Crippen MR) is 65.0 cm³/mol. The molecule has 1 aromatic heterocycles. The maximum atomic E-state index is 8.88. The third-order valence-corrected chi connectivity index (χ3v) is 2.45. The molecule has 0 saturated heterocycles. The largest absolute Gasteiger partial charge is 0.386 e. The van der Waals surface area contributed by atoms with Crippen molar-refractivity contribution in [3.05, 3.63) is 30.0 Å². The normalized spacial score (nSPS) is 11.6. The van der Waals surface area contributed by atoms with Crippen LogP contribution in [0.1, 0.15) is 5.56 Å². The summed E-state index contributed by atoms with van der Waals surface area (Å²) in [5.74, 6) is 0.502. The Labute approximate surface area is 97.3 Å². The first kappa shape index (κ1) is 10.5. The van der Waals surface area contributed by atoms with E-state index in [4.69, 9.17) is 22.6 Å². The van der Waals surface area contributed by atoms with E-state index < -0.39 is 0 Å². The average Bonchev–Trinajstić information content (AvgIpc) is 2.76. The summed E-state index contributed by atoms with van der Waals surface area (Å²) in [4.78, 5) is 7.21. The molecule has 0 saturated carbocycles. The van der Waals surface area contributed by atoms with Crippen LogP contribution in [0, 0.1) is 11.3 Å². The van der Waals surface area contributed by atoms with Crippen LogP contribution in [-0.4, -0.2) is 16.7 Å². The van der Waals surface area contributed by atoms with Crippen LogP contribution in [0.5, 0.6) is 0 Å². The Balaban J connectivity index is 2.67. The van der Waals surface area contributed by atoms with E-state index in [2.05, 4.69) is 16.0 Å². The minimum Gasteiger partial charge on any atom is -0.386 e. The van der Waals surface area contributed by atoms with Crippen molar-refractivity contribution in [2.24, 2.45) is 10.7 Å². The van der Waals surface area contributed by atoms with Gasteiger partial charge < -0.3 is 10.7 Å². The molecule has 2 rings (SSSR count). The Kier molecular flexibility index (Phi) is 2.80. The summed E-state index contributed by atoms with van der Waals surface area (Å²) in [5.41, 5.74) is 7.64. The van der Waals surface area contributed by atoms with Gasteiger partial charge in [-0.2, -0.15) is 5.26 Å². The lowest BCUT2D eigenvalue weighted by Gasteiger charge is -2.00. The van der Waals surface area contributed by atoms with Crippen molar-refractivity contribution in [3.63, 3.8) is 0 Å². The highest BCUT2D eigenvalue weighted by Crippen LogP contribution is 2.27. The molecule has 4 nitrogen and oxygen atoms in total. The van der Waals surface area contributed by atoms with Gasteiger partial charge in [0.15, 0.2) is 0 Å². The first-order valence-corrected chi connectivity index (χ1v) is 5.18. The molecule has 3 N–H and O–H groups in total. The smallest absolute Gasteiger partial charge is 0.115 e. The van der Waals surface area contributed by atoms with Crippen LogP contribution >= 0.6 is 11.6 Å². The van der Waals surface area contributed by atoms with Gasteiger partial charge in [-0.25, -0.2) is 4.99 Å². The summed E-state index contributed by atoms with van der Waals surface area (Å²) in [6.07, 6.45) is 1.79. The quantitative estimate of drug-likeness (QED) is 0.473. The van der Waals surface area contributed by atoms with Crippen molar-refractivity contribution < 1.29 is 0 Å². The second-order valence-corrected chi connectivity index (χ2v) is 3.55. The number of benzene rings is 1. The van der Waals surface area contributed by atoms with E-state index in [1.54, 1.807) is 18.3 Å². The number of nitrogens with zero attached hydrogens (tertiary/aromatic N) is 2. The molecule has 0 spiro atoms. The van der Waals surface area contributed by atoms with Gasteiger partial charge in [-0.3, -0.25) is 0 Å². The molecule has 0 bridgehead atoms. The number of nitrogens with two attached hydrogens (primary N) is 1. The second kappa shape index (κ2) is 4.25. The average molecular weight is 233 g/mol. The Morgan fingerprint density at radius 2 is 2.38 bits per heavy atom. The number of aromatic amines is 1. The molecule has 1 aromatic carbocycles. The number of nitriles is 1. The number of rotatable bonds is 2. The minimum absolute atomic E-state index is 0.169. The third kappa shape index (κ3) is 1.86. The molecular weight excluding hydrogens is 224 g/mol. The van der Waals surface area contributed by atoms with Crippen LogP contribution in [0.2, 0.25) is 0 Å². The van der Waals surface area contributed by atoms with E-state index in [-0.39, 0.29) is 5.88 Å². The van der Waals surface area contributed by atoms with E-state index in [1.807, 2.05) is 6.07 Å². The summed E-state index contributed by atoms with van der Waals surface area (Å²) >= 11 is 5.57. The van der Waals surface area contributed by atoms with E-state index in [0.717, 1.165) is 10.9 Å². The highest BCUT2D eigenvalue weighted by molar-refractivity contribution is 6.28. The molecule has 0 radical (unpaired) electrons. The van der Waals surface area contributed by atoms with Gasteiger partial charge in [0.1, 0.15) is 5.84 Å². The summed E-state index contributed by atoms with van der Waals surface area (Å²) in [5, 5.41) is 9.80. The first-order chi connectivity index (χ1) is 7.74. The SMILES string of the molecule is N#Cc1cc(N=C(N)CCl)c2cc[nH]c2c1. The second-order valence-electron chi connectivity index (χ2n) is 3.28. The van der Waals surface area contributed by atoms with Gasteiger partial charge in [-0.15, -0.1) is 11.6 Å². The number of aliphatic imine (C=N–C) groups is 1. The van der Waals surface area contributed by atoms with Gasteiger partial charge in [-0.05, 0) is 18.2 Å². The van der Waals surface area contributed by atoms with Gasteiger partial charge in [-0.1, -0.05) is 0 Å². The first-order valence-electron chi connectivity index (χ1n) is 4.65. The fraction of sp³-hybridized carbons (Fsp3) is 0.0909. The van der Waals surface area contributed by atoms with Gasteiger partial charge in [0.2, 0.25) is 0 Å². The lowest BCUT2D eigenvalue weighted by Crippen LogP contribution is -2.12. The molecule has 0 atom stereocenters. The van der Waals surface area contributed by atoms with E-state index in [1.165, 1.54) is 0 Å². The number of H-pyrrole nitrogens is 1. The van der Waals surface area contributed by atoms with Crippen LogP contribution in [0.4, 0.5) is 5.69 Å². The maximum absolute atomic E-state index is 8.88. The summed E-state index contributed by atoms with van der Waals surface area (Å²) in [7, 11) is 0. The van der Waals surface area contributed by atoms with Crippen molar-refractivity contribution in [1.82, 2.24) is 4.98 Å². The third-order valence-electron chi connectivity index (χ3n) is 2.18. The van der Waals surface area contributed by atoms with Gasteiger partial charge in [0.25, 0.3) is 0 Å². The highest BCUT2D eigenvalue weighted by atomic mass is 35.5. The number of nitrogens with one attached hydrogen (secondary N) is 1. The fourth-order valence-electron chi connectivity index (χ4n) is 1.49. The van der Waals surface area contributed by atoms with Gasteiger partial charge in [0, 0.05) is 17.1 Å². The van der Waals surface area contributed by atoms with Crippen molar-refractivity contribution >= 4 is 34.0 Å². The summed E-state index contributed by atoms with van der Waals surface area (Å²) < 4.78 is 0. The number of alkyl halides is 1. The zero-order valence-electron chi connectivity index (χ0n) is 8.37.